The topological polar surface area (TPSA) is 42.7 Å². The molecule has 1 aliphatic rings. The fourth-order valence-electron chi connectivity index (χ4n) is 2.29. The Balaban J connectivity index is 2.09. The van der Waals surface area contributed by atoms with Crippen LogP contribution in [0.15, 0.2) is 18.2 Å². The van der Waals surface area contributed by atoms with E-state index in [1.165, 1.54) is 0 Å². The molecule has 1 aromatic heterocycles. The molecule has 1 N–H and O–H groups in total. The molecular formula is C13H15ClN4. The van der Waals surface area contributed by atoms with Crippen molar-refractivity contribution in [2.75, 3.05) is 6.54 Å². The second kappa shape index (κ2) is 4.37. The van der Waals surface area contributed by atoms with Gasteiger partial charge in [-0.1, -0.05) is 23.7 Å². The molecule has 0 spiro atoms. The van der Waals surface area contributed by atoms with Crippen molar-refractivity contribution in [2.24, 2.45) is 0 Å². The highest BCUT2D eigenvalue weighted by Gasteiger charge is 2.22. The zero-order chi connectivity index (χ0) is 12.7. The van der Waals surface area contributed by atoms with Gasteiger partial charge in [0.2, 0.25) is 0 Å². The van der Waals surface area contributed by atoms with Crippen LogP contribution in [0.1, 0.15) is 24.4 Å². The summed E-state index contributed by atoms with van der Waals surface area (Å²) in [6.07, 6.45) is 0. The Kier molecular flexibility index (Phi) is 2.84. The van der Waals surface area contributed by atoms with Gasteiger partial charge >= 0.3 is 0 Å². The number of nitrogens with zero attached hydrogens (tertiary/aromatic N) is 3. The standard InChI is InChI=1S/C13H15ClN4/c1-8-3-4-10(7-11(8)14)13-17-16-12-9(2)15-5-6-18(12)13/h3-4,7,9,15H,5-6H2,1-2H3. The van der Waals surface area contributed by atoms with Crippen LogP contribution in [0.3, 0.4) is 0 Å². The van der Waals surface area contributed by atoms with Gasteiger partial charge in [0.1, 0.15) is 5.82 Å². The van der Waals surface area contributed by atoms with Gasteiger partial charge in [-0.2, -0.15) is 0 Å². The number of fused-ring (bicyclic) bond motifs is 1. The van der Waals surface area contributed by atoms with Gasteiger partial charge in [0, 0.05) is 23.7 Å². The summed E-state index contributed by atoms with van der Waals surface area (Å²) < 4.78 is 2.17. The number of hydrogen-bond donors (Lipinski definition) is 1. The van der Waals surface area contributed by atoms with Gasteiger partial charge < -0.3 is 9.88 Å². The molecule has 2 aromatic rings. The highest BCUT2D eigenvalue weighted by Crippen LogP contribution is 2.26. The molecule has 0 saturated heterocycles. The van der Waals surface area contributed by atoms with E-state index in [2.05, 4.69) is 27.0 Å². The van der Waals surface area contributed by atoms with Crippen LogP contribution in [0.5, 0.6) is 0 Å². The van der Waals surface area contributed by atoms with Crippen LogP contribution in [0.4, 0.5) is 0 Å². The molecule has 0 bridgehead atoms. The molecule has 1 atom stereocenters. The predicted octanol–water partition coefficient (Wildman–Crippen LogP) is 2.57. The Labute approximate surface area is 111 Å². The summed E-state index contributed by atoms with van der Waals surface area (Å²) in [7, 11) is 0. The van der Waals surface area contributed by atoms with Crippen LogP contribution in [0.2, 0.25) is 5.02 Å². The first-order chi connectivity index (χ1) is 8.66. The summed E-state index contributed by atoms with van der Waals surface area (Å²) in [5.41, 5.74) is 2.10. The smallest absolute Gasteiger partial charge is 0.164 e. The van der Waals surface area contributed by atoms with Crippen LogP contribution in [0.25, 0.3) is 11.4 Å². The molecule has 0 saturated carbocycles. The van der Waals surface area contributed by atoms with E-state index in [0.29, 0.717) is 0 Å². The van der Waals surface area contributed by atoms with E-state index in [-0.39, 0.29) is 6.04 Å². The largest absolute Gasteiger partial charge is 0.308 e. The fourth-order valence-corrected chi connectivity index (χ4v) is 2.47. The average molecular weight is 263 g/mol. The molecule has 0 amide bonds. The van der Waals surface area contributed by atoms with Gasteiger partial charge in [0.25, 0.3) is 0 Å². The van der Waals surface area contributed by atoms with Gasteiger partial charge in [-0.3, -0.25) is 0 Å². The Morgan fingerprint density at radius 2 is 2.22 bits per heavy atom. The number of halogens is 1. The monoisotopic (exact) mass is 262 g/mol. The zero-order valence-electron chi connectivity index (χ0n) is 10.4. The predicted molar refractivity (Wildman–Crippen MR) is 71.6 cm³/mol. The van der Waals surface area contributed by atoms with E-state index < -0.39 is 0 Å². The third-order valence-corrected chi connectivity index (χ3v) is 3.79. The summed E-state index contributed by atoms with van der Waals surface area (Å²) in [4.78, 5) is 0. The van der Waals surface area contributed by atoms with Gasteiger partial charge in [0.05, 0.1) is 6.04 Å². The Morgan fingerprint density at radius 3 is 3.00 bits per heavy atom. The molecule has 1 aliphatic heterocycles. The minimum atomic E-state index is 0.251. The normalized spacial score (nSPS) is 18.7. The third kappa shape index (κ3) is 1.82. The number of nitrogens with one attached hydrogen (secondary N) is 1. The van der Waals surface area contributed by atoms with Gasteiger partial charge in [0.15, 0.2) is 5.82 Å². The number of benzene rings is 1. The van der Waals surface area contributed by atoms with Crippen molar-refractivity contribution >= 4 is 11.6 Å². The first-order valence-electron chi connectivity index (χ1n) is 6.10. The second-order valence-electron chi connectivity index (χ2n) is 4.67. The van der Waals surface area contributed by atoms with E-state index in [4.69, 9.17) is 11.6 Å². The van der Waals surface area contributed by atoms with Crippen LogP contribution in [-0.4, -0.2) is 21.3 Å². The van der Waals surface area contributed by atoms with Crippen molar-refractivity contribution in [1.29, 1.82) is 0 Å². The van der Waals surface area contributed by atoms with E-state index in [1.54, 1.807) is 0 Å². The highest BCUT2D eigenvalue weighted by molar-refractivity contribution is 6.31. The summed E-state index contributed by atoms with van der Waals surface area (Å²) in [5, 5.41) is 12.7. The highest BCUT2D eigenvalue weighted by atomic mass is 35.5. The first-order valence-corrected chi connectivity index (χ1v) is 6.47. The lowest BCUT2D eigenvalue weighted by Gasteiger charge is -2.22. The van der Waals surface area contributed by atoms with Crippen LogP contribution in [0, 0.1) is 6.92 Å². The Bertz CT molecular complexity index is 591. The minimum Gasteiger partial charge on any atom is -0.308 e. The Morgan fingerprint density at radius 1 is 1.39 bits per heavy atom. The van der Waals surface area contributed by atoms with Crippen molar-refractivity contribution in [2.45, 2.75) is 26.4 Å². The van der Waals surface area contributed by atoms with E-state index >= 15 is 0 Å². The van der Waals surface area contributed by atoms with Crippen molar-refractivity contribution in [3.63, 3.8) is 0 Å². The summed E-state index contributed by atoms with van der Waals surface area (Å²) in [6.45, 7) is 5.94. The van der Waals surface area contributed by atoms with Crippen molar-refractivity contribution in [1.82, 2.24) is 20.1 Å². The maximum Gasteiger partial charge on any atom is 0.164 e. The maximum absolute atomic E-state index is 6.17. The number of rotatable bonds is 1. The molecule has 18 heavy (non-hydrogen) atoms. The molecule has 1 unspecified atom stereocenters. The Hall–Kier alpha value is -1.39. The second-order valence-corrected chi connectivity index (χ2v) is 5.08. The summed E-state index contributed by atoms with van der Waals surface area (Å²) in [6, 6.07) is 6.27. The zero-order valence-corrected chi connectivity index (χ0v) is 11.2. The fraction of sp³-hybridized carbons (Fsp3) is 0.385. The van der Waals surface area contributed by atoms with Gasteiger partial charge in [-0.25, -0.2) is 0 Å². The van der Waals surface area contributed by atoms with E-state index in [1.807, 2.05) is 25.1 Å². The maximum atomic E-state index is 6.17. The van der Waals surface area contributed by atoms with E-state index in [9.17, 15) is 0 Å². The summed E-state index contributed by atoms with van der Waals surface area (Å²) in [5.74, 6) is 1.90. The van der Waals surface area contributed by atoms with Crippen LogP contribution < -0.4 is 5.32 Å². The van der Waals surface area contributed by atoms with Crippen LogP contribution in [-0.2, 0) is 6.54 Å². The summed E-state index contributed by atoms with van der Waals surface area (Å²) >= 11 is 6.17. The minimum absolute atomic E-state index is 0.251. The van der Waals surface area contributed by atoms with Crippen molar-refractivity contribution < 1.29 is 0 Å². The lowest BCUT2D eigenvalue weighted by Crippen LogP contribution is -2.32. The molecule has 4 nitrogen and oxygen atoms in total. The average Bonchev–Trinajstić information content (AvgIpc) is 2.78. The van der Waals surface area contributed by atoms with Gasteiger partial charge in [-0.15, -0.1) is 10.2 Å². The van der Waals surface area contributed by atoms with Crippen LogP contribution >= 0.6 is 11.6 Å². The SMILES string of the molecule is Cc1ccc(-c2nnc3n2CCNC3C)cc1Cl. The molecule has 0 fully saturated rings. The molecule has 0 aliphatic carbocycles. The first kappa shape index (κ1) is 11.7. The molecule has 0 radical (unpaired) electrons. The van der Waals surface area contributed by atoms with Crippen molar-refractivity contribution in [3.05, 3.63) is 34.6 Å². The lowest BCUT2D eigenvalue weighted by molar-refractivity contribution is 0.439. The lowest BCUT2D eigenvalue weighted by atomic mass is 10.1. The molecule has 5 heteroatoms. The van der Waals surface area contributed by atoms with Gasteiger partial charge in [-0.05, 0) is 25.5 Å². The number of aryl methyl sites for hydroxylation is 1. The molecule has 3 rings (SSSR count). The number of aromatic nitrogens is 3. The molecule has 94 valence electrons. The molecule has 1 aromatic carbocycles. The quantitative estimate of drug-likeness (QED) is 0.859. The molecule has 2 heterocycles. The third-order valence-electron chi connectivity index (χ3n) is 3.38. The number of hydrogen-bond acceptors (Lipinski definition) is 3. The van der Waals surface area contributed by atoms with E-state index in [0.717, 1.165) is 40.9 Å². The van der Waals surface area contributed by atoms with Crippen molar-refractivity contribution in [3.8, 4) is 11.4 Å². The molecular weight excluding hydrogens is 248 g/mol.